The molecule has 0 amide bonds. The lowest BCUT2D eigenvalue weighted by atomic mass is 10.1. The van der Waals surface area contributed by atoms with Crippen molar-refractivity contribution in [1.29, 1.82) is 0 Å². The Labute approximate surface area is 223 Å². The molecule has 1 aromatic heterocycles. The molecule has 0 bridgehead atoms. The number of anilines is 1. The summed E-state index contributed by atoms with van der Waals surface area (Å²) in [5, 5.41) is 4.69. The van der Waals surface area contributed by atoms with Gasteiger partial charge < -0.3 is 4.90 Å². The van der Waals surface area contributed by atoms with Crippen molar-refractivity contribution in [1.82, 2.24) is 14.1 Å². The molecule has 0 atom stereocenters. The number of rotatable bonds is 6. The lowest BCUT2D eigenvalue weighted by Gasteiger charge is -2.36. The molecule has 0 spiro atoms. The molecule has 1 aliphatic rings. The van der Waals surface area contributed by atoms with Gasteiger partial charge in [-0.3, -0.25) is 4.79 Å². The second-order valence-corrected chi connectivity index (χ2v) is 11.3. The molecule has 7 nitrogen and oxygen atoms in total. The van der Waals surface area contributed by atoms with Crippen molar-refractivity contribution >= 4 is 27.3 Å². The summed E-state index contributed by atoms with van der Waals surface area (Å²) >= 11 is 6.05. The Kier molecular flexibility index (Phi) is 7.29. The SMILES string of the molecule is O=c1c(-c2ccc(Cl)cc2)c(N2CCN(S(=O)(=O)Cc3ccccc3)CC2)cnn1-c1cc(F)cc(F)c1. The van der Waals surface area contributed by atoms with E-state index in [4.69, 9.17) is 11.6 Å². The van der Waals surface area contributed by atoms with E-state index in [1.807, 2.05) is 11.0 Å². The summed E-state index contributed by atoms with van der Waals surface area (Å²) in [7, 11) is -3.53. The number of piperazine rings is 1. The predicted octanol–water partition coefficient (Wildman–Crippen LogP) is 4.48. The molecule has 38 heavy (non-hydrogen) atoms. The minimum Gasteiger partial charge on any atom is -0.367 e. The molecule has 2 heterocycles. The molecule has 0 unspecified atom stereocenters. The largest absolute Gasteiger partial charge is 0.367 e. The highest BCUT2D eigenvalue weighted by Crippen LogP contribution is 2.30. The van der Waals surface area contributed by atoms with Crippen LogP contribution < -0.4 is 10.5 Å². The van der Waals surface area contributed by atoms with Gasteiger partial charge in [-0.25, -0.2) is 17.2 Å². The number of benzene rings is 3. The van der Waals surface area contributed by atoms with Gasteiger partial charge in [0.2, 0.25) is 10.0 Å². The third kappa shape index (κ3) is 5.47. The normalized spacial score (nSPS) is 14.6. The number of nitrogens with zero attached hydrogens (tertiary/aromatic N) is 4. The highest BCUT2D eigenvalue weighted by Gasteiger charge is 2.29. The van der Waals surface area contributed by atoms with Crippen LogP contribution in [0.1, 0.15) is 5.56 Å². The Balaban J connectivity index is 1.47. The summed E-state index contributed by atoms with van der Waals surface area (Å²) in [5.41, 5.74) is 1.38. The predicted molar refractivity (Wildman–Crippen MR) is 143 cm³/mol. The minimum absolute atomic E-state index is 0.0499. The van der Waals surface area contributed by atoms with Crippen LogP contribution >= 0.6 is 11.6 Å². The Morgan fingerprint density at radius 3 is 2.13 bits per heavy atom. The maximum atomic E-state index is 13.9. The zero-order valence-electron chi connectivity index (χ0n) is 20.1. The molecule has 0 aliphatic carbocycles. The summed E-state index contributed by atoms with van der Waals surface area (Å²) < 4.78 is 56.2. The van der Waals surface area contributed by atoms with Gasteiger partial charge in [-0.15, -0.1) is 0 Å². The number of halogens is 3. The van der Waals surface area contributed by atoms with Crippen LogP contribution in [0.15, 0.2) is 83.8 Å². The maximum Gasteiger partial charge on any atom is 0.281 e. The van der Waals surface area contributed by atoms with Gasteiger partial charge in [0.1, 0.15) is 11.6 Å². The smallest absolute Gasteiger partial charge is 0.281 e. The van der Waals surface area contributed by atoms with Crippen LogP contribution in [-0.2, 0) is 15.8 Å². The number of hydrogen-bond acceptors (Lipinski definition) is 5. The second kappa shape index (κ2) is 10.6. The zero-order valence-corrected chi connectivity index (χ0v) is 21.7. The van der Waals surface area contributed by atoms with E-state index in [9.17, 15) is 22.0 Å². The standard InChI is InChI=1S/C27H23ClF2N4O3S/c28-21-8-6-20(7-9-21)26-25(17-31-34(27(26)35)24-15-22(29)14-23(30)16-24)32-10-12-33(13-11-32)38(36,37)18-19-4-2-1-3-5-19/h1-9,14-17H,10-13,18H2. The summed E-state index contributed by atoms with van der Waals surface area (Å²) in [6.07, 6.45) is 1.46. The van der Waals surface area contributed by atoms with E-state index < -0.39 is 27.2 Å². The molecular weight excluding hydrogens is 534 g/mol. The highest BCUT2D eigenvalue weighted by molar-refractivity contribution is 7.88. The molecule has 0 radical (unpaired) electrons. The second-order valence-electron chi connectivity index (χ2n) is 8.88. The average Bonchev–Trinajstić information content (AvgIpc) is 2.89. The van der Waals surface area contributed by atoms with E-state index in [0.29, 0.717) is 41.0 Å². The molecular formula is C27H23ClF2N4O3S. The third-order valence-electron chi connectivity index (χ3n) is 6.35. The van der Waals surface area contributed by atoms with Crippen molar-refractivity contribution in [2.45, 2.75) is 5.75 Å². The lowest BCUT2D eigenvalue weighted by Crippen LogP contribution is -2.49. The number of sulfonamides is 1. The van der Waals surface area contributed by atoms with Gasteiger partial charge in [0, 0.05) is 37.3 Å². The number of aromatic nitrogens is 2. The van der Waals surface area contributed by atoms with E-state index in [1.54, 1.807) is 48.5 Å². The van der Waals surface area contributed by atoms with E-state index in [2.05, 4.69) is 5.10 Å². The summed E-state index contributed by atoms with van der Waals surface area (Å²) in [6, 6.07) is 18.4. The molecule has 0 N–H and O–H groups in total. The fourth-order valence-corrected chi connectivity index (χ4v) is 6.14. The van der Waals surface area contributed by atoms with Gasteiger partial charge in [0.15, 0.2) is 0 Å². The first-order valence-electron chi connectivity index (χ1n) is 11.8. The molecule has 3 aromatic carbocycles. The topological polar surface area (TPSA) is 75.5 Å². The first-order valence-corrected chi connectivity index (χ1v) is 13.8. The van der Waals surface area contributed by atoms with E-state index in [0.717, 1.165) is 16.8 Å². The number of hydrogen-bond donors (Lipinski definition) is 0. The molecule has 1 fully saturated rings. The molecule has 11 heteroatoms. The van der Waals surface area contributed by atoms with Gasteiger partial charge in [0.25, 0.3) is 5.56 Å². The van der Waals surface area contributed by atoms with Gasteiger partial charge in [0.05, 0.1) is 28.9 Å². The van der Waals surface area contributed by atoms with E-state index in [-0.39, 0.29) is 30.1 Å². The van der Waals surface area contributed by atoms with Crippen LogP contribution in [0, 0.1) is 11.6 Å². The van der Waals surface area contributed by atoms with Crippen LogP contribution in [0.4, 0.5) is 14.5 Å². The fourth-order valence-electron chi connectivity index (χ4n) is 4.50. The van der Waals surface area contributed by atoms with Crippen molar-refractivity contribution in [3.63, 3.8) is 0 Å². The Bertz CT molecular complexity index is 1600. The van der Waals surface area contributed by atoms with Crippen LogP contribution in [0.5, 0.6) is 0 Å². The van der Waals surface area contributed by atoms with Crippen molar-refractivity contribution in [2.75, 3.05) is 31.1 Å². The first-order chi connectivity index (χ1) is 18.2. The first kappa shape index (κ1) is 26.0. The Hall–Kier alpha value is -3.60. The van der Waals surface area contributed by atoms with Crippen molar-refractivity contribution < 1.29 is 17.2 Å². The van der Waals surface area contributed by atoms with Crippen molar-refractivity contribution in [3.8, 4) is 16.8 Å². The van der Waals surface area contributed by atoms with Crippen LogP contribution in [0.25, 0.3) is 16.8 Å². The summed E-state index contributed by atoms with van der Waals surface area (Å²) in [5.74, 6) is -1.76. The van der Waals surface area contributed by atoms with E-state index in [1.165, 1.54) is 10.5 Å². The summed E-state index contributed by atoms with van der Waals surface area (Å²) in [6.45, 7) is 1.11. The van der Waals surface area contributed by atoms with E-state index >= 15 is 0 Å². The lowest BCUT2D eigenvalue weighted by molar-refractivity contribution is 0.384. The monoisotopic (exact) mass is 556 g/mol. The molecule has 5 rings (SSSR count). The van der Waals surface area contributed by atoms with Gasteiger partial charge in [-0.1, -0.05) is 54.1 Å². The zero-order chi connectivity index (χ0) is 26.9. The summed E-state index contributed by atoms with van der Waals surface area (Å²) in [4.78, 5) is 15.5. The van der Waals surface area contributed by atoms with Crippen LogP contribution in [-0.4, -0.2) is 48.7 Å². The molecule has 4 aromatic rings. The average molecular weight is 557 g/mol. The minimum atomic E-state index is -3.53. The maximum absolute atomic E-state index is 13.9. The fraction of sp³-hybridized carbons (Fsp3) is 0.185. The van der Waals surface area contributed by atoms with Crippen molar-refractivity contribution in [3.05, 3.63) is 112 Å². The van der Waals surface area contributed by atoms with Crippen molar-refractivity contribution in [2.24, 2.45) is 0 Å². The third-order valence-corrected chi connectivity index (χ3v) is 8.45. The highest BCUT2D eigenvalue weighted by atomic mass is 35.5. The molecule has 1 saturated heterocycles. The molecule has 196 valence electrons. The van der Waals surface area contributed by atoms with Gasteiger partial charge in [-0.2, -0.15) is 14.1 Å². The van der Waals surface area contributed by atoms with Crippen LogP contribution in [0.3, 0.4) is 0 Å². The Morgan fingerprint density at radius 1 is 0.868 bits per heavy atom. The molecule has 0 saturated carbocycles. The van der Waals surface area contributed by atoms with Gasteiger partial charge in [-0.05, 0) is 35.4 Å². The molecule has 1 aliphatic heterocycles. The van der Waals surface area contributed by atoms with Gasteiger partial charge >= 0.3 is 0 Å². The van der Waals surface area contributed by atoms with Crippen LogP contribution in [0.2, 0.25) is 5.02 Å². The Morgan fingerprint density at radius 2 is 1.50 bits per heavy atom. The quantitative estimate of drug-likeness (QED) is 0.350.